The fourth-order valence-corrected chi connectivity index (χ4v) is 4.65. The molecule has 0 N–H and O–H groups in total. The largest absolute Gasteiger partial charge is 0.338 e. The van der Waals surface area contributed by atoms with Crippen LogP contribution in [0.1, 0.15) is 30.0 Å². The molecule has 2 aromatic carbocycles. The van der Waals surface area contributed by atoms with Crippen LogP contribution in [0.5, 0.6) is 0 Å². The molecule has 4 aromatic rings. The summed E-state index contributed by atoms with van der Waals surface area (Å²) in [5.74, 6) is 0.699. The zero-order valence-electron chi connectivity index (χ0n) is 19.7. The number of carbonyl (C=O) groups is 1. The number of benzene rings is 2. The second-order valence-corrected chi connectivity index (χ2v) is 9.28. The van der Waals surface area contributed by atoms with Gasteiger partial charge in [-0.25, -0.2) is 14.5 Å². The van der Waals surface area contributed by atoms with Gasteiger partial charge in [0.15, 0.2) is 5.16 Å². The SMILES string of the molecule is CCCN(Cc1ccc(C)cc1)C(=O)CSc1nc2ccccc2c(=O)n1-c1cc(C)ccn1. The Morgan fingerprint density at radius 3 is 2.53 bits per heavy atom. The predicted octanol–water partition coefficient (Wildman–Crippen LogP) is 4.93. The standard InChI is InChI=1S/C27H28N4O2S/c1-4-15-30(17-21-11-9-19(2)10-12-21)25(32)18-34-27-29-23-8-6-5-7-22(23)26(33)31(27)24-16-20(3)13-14-28-24/h5-14,16H,4,15,17-18H2,1-3H3. The summed E-state index contributed by atoms with van der Waals surface area (Å²) in [5.41, 5.74) is 3.70. The Balaban J connectivity index is 1.64. The Bertz CT molecular complexity index is 1370. The zero-order chi connectivity index (χ0) is 24.1. The van der Waals surface area contributed by atoms with Crippen molar-refractivity contribution in [1.29, 1.82) is 0 Å². The van der Waals surface area contributed by atoms with Crippen molar-refractivity contribution in [2.75, 3.05) is 12.3 Å². The van der Waals surface area contributed by atoms with E-state index in [0.717, 1.165) is 17.5 Å². The van der Waals surface area contributed by atoms with Crippen LogP contribution in [0.25, 0.3) is 16.7 Å². The first-order valence-electron chi connectivity index (χ1n) is 11.4. The molecule has 4 rings (SSSR count). The van der Waals surface area contributed by atoms with Gasteiger partial charge in [-0.1, -0.05) is 60.6 Å². The molecule has 0 saturated carbocycles. The molecular weight excluding hydrogens is 444 g/mol. The molecule has 0 aliphatic heterocycles. The summed E-state index contributed by atoms with van der Waals surface area (Å²) < 4.78 is 1.51. The molecule has 0 atom stereocenters. The van der Waals surface area contributed by atoms with Crippen LogP contribution < -0.4 is 5.56 Å². The van der Waals surface area contributed by atoms with Crippen molar-refractivity contribution < 1.29 is 4.79 Å². The van der Waals surface area contributed by atoms with E-state index in [2.05, 4.69) is 43.1 Å². The average molecular weight is 473 g/mol. The molecule has 6 nitrogen and oxygen atoms in total. The first-order chi connectivity index (χ1) is 16.5. The molecule has 0 aliphatic carbocycles. The molecule has 7 heteroatoms. The molecule has 0 unspecified atom stereocenters. The lowest BCUT2D eigenvalue weighted by molar-refractivity contribution is -0.129. The third kappa shape index (κ3) is 5.37. The molecular formula is C27H28N4O2S. The fourth-order valence-electron chi connectivity index (χ4n) is 3.75. The van der Waals surface area contributed by atoms with Gasteiger partial charge in [-0.3, -0.25) is 9.59 Å². The fraction of sp³-hybridized carbons (Fsp3) is 0.259. The number of amides is 1. The number of nitrogens with zero attached hydrogens (tertiary/aromatic N) is 4. The topological polar surface area (TPSA) is 68.1 Å². The van der Waals surface area contributed by atoms with E-state index in [4.69, 9.17) is 4.98 Å². The minimum Gasteiger partial charge on any atom is -0.338 e. The number of para-hydroxylation sites is 1. The molecule has 34 heavy (non-hydrogen) atoms. The van der Waals surface area contributed by atoms with Gasteiger partial charge in [0.25, 0.3) is 5.56 Å². The highest BCUT2D eigenvalue weighted by Gasteiger charge is 2.18. The van der Waals surface area contributed by atoms with Gasteiger partial charge in [-0.05, 0) is 55.7 Å². The maximum absolute atomic E-state index is 13.4. The minimum absolute atomic E-state index is 0.0126. The number of fused-ring (bicyclic) bond motifs is 1. The zero-order valence-corrected chi connectivity index (χ0v) is 20.5. The Kier molecular flexibility index (Phi) is 7.43. The number of thioether (sulfide) groups is 1. The molecule has 1 amide bonds. The number of pyridine rings is 1. The first kappa shape index (κ1) is 23.7. The van der Waals surface area contributed by atoms with E-state index in [9.17, 15) is 9.59 Å². The summed E-state index contributed by atoms with van der Waals surface area (Å²) in [4.78, 5) is 37.6. The van der Waals surface area contributed by atoms with Crippen molar-refractivity contribution >= 4 is 28.6 Å². The van der Waals surface area contributed by atoms with Crippen LogP contribution >= 0.6 is 11.8 Å². The molecule has 2 aromatic heterocycles. The average Bonchev–Trinajstić information content (AvgIpc) is 2.83. The molecule has 0 fully saturated rings. The van der Waals surface area contributed by atoms with Crippen molar-refractivity contribution in [3.8, 4) is 5.82 Å². The molecule has 0 radical (unpaired) electrons. The maximum Gasteiger partial charge on any atom is 0.267 e. The lowest BCUT2D eigenvalue weighted by Crippen LogP contribution is -2.33. The van der Waals surface area contributed by atoms with Gasteiger partial charge in [0, 0.05) is 19.3 Å². The van der Waals surface area contributed by atoms with Crippen molar-refractivity contribution in [2.24, 2.45) is 0 Å². The van der Waals surface area contributed by atoms with Gasteiger partial charge in [0.05, 0.1) is 16.7 Å². The smallest absolute Gasteiger partial charge is 0.267 e. The number of hydrogen-bond acceptors (Lipinski definition) is 5. The van der Waals surface area contributed by atoms with Gasteiger partial charge < -0.3 is 4.90 Å². The van der Waals surface area contributed by atoms with Gasteiger partial charge in [-0.2, -0.15) is 0 Å². The van der Waals surface area contributed by atoms with E-state index < -0.39 is 0 Å². The first-order valence-corrected chi connectivity index (χ1v) is 12.4. The Hall–Kier alpha value is -3.45. The lowest BCUT2D eigenvalue weighted by Gasteiger charge is -2.22. The monoisotopic (exact) mass is 472 g/mol. The lowest BCUT2D eigenvalue weighted by atomic mass is 10.1. The van der Waals surface area contributed by atoms with Crippen molar-refractivity contribution in [2.45, 2.75) is 38.9 Å². The highest BCUT2D eigenvalue weighted by Crippen LogP contribution is 2.22. The Morgan fingerprint density at radius 1 is 1.03 bits per heavy atom. The third-order valence-electron chi connectivity index (χ3n) is 5.54. The van der Waals surface area contributed by atoms with E-state index in [1.165, 1.54) is 21.9 Å². The van der Waals surface area contributed by atoms with E-state index in [-0.39, 0.29) is 17.2 Å². The quantitative estimate of drug-likeness (QED) is 0.269. The normalized spacial score (nSPS) is 11.0. The minimum atomic E-state index is -0.191. The van der Waals surface area contributed by atoms with E-state index in [0.29, 0.717) is 35.0 Å². The van der Waals surface area contributed by atoms with E-state index in [1.54, 1.807) is 12.3 Å². The van der Waals surface area contributed by atoms with Gasteiger partial charge in [0.1, 0.15) is 5.82 Å². The van der Waals surface area contributed by atoms with Crippen molar-refractivity contribution in [1.82, 2.24) is 19.4 Å². The summed E-state index contributed by atoms with van der Waals surface area (Å²) >= 11 is 1.27. The van der Waals surface area contributed by atoms with Gasteiger partial charge >= 0.3 is 0 Å². The molecule has 2 heterocycles. The Morgan fingerprint density at radius 2 is 1.79 bits per heavy atom. The Labute approximate surface area is 203 Å². The summed E-state index contributed by atoms with van der Waals surface area (Å²) in [7, 11) is 0. The predicted molar refractivity (Wildman–Crippen MR) is 137 cm³/mol. The van der Waals surface area contributed by atoms with Gasteiger partial charge in [0.2, 0.25) is 5.91 Å². The molecule has 0 spiro atoms. The summed E-state index contributed by atoms with van der Waals surface area (Å²) in [6.07, 6.45) is 2.55. The van der Waals surface area contributed by atoms with E-state index in [1.807, 2.05) is 42.2 Å². The number of aromatic nitrogens is 3. The van der Waals surface area contributed by atoms with Crippen LogP contribution in [-0.2, 0) is 11.3 Å². The number of carbonyl (C=O) groups excluding carboxylic acids is 1. The molecule has 0 aliphatic rings. The van der Waals surface area contributed by atoms with Crippen LogP contribution in [0.15, 0.2) is 76.8 Å². The van der Waals surface area contributed by atoms with Crippen LogP contribution in [0.3, 0.4) is 0 Å². The number of aryl methyl sites for hydroxylation is 2. The highest BCUT2D eigenvalue weighted by molar-refractivity contribution is 7.99. The molecule has 0 bridgehead atoms. The van der Waals surface area contributed by atoms with Gasteiger partial charge in [-0.15, -0.1) is 0 Å². The molecule has 174 valence electrons. The third-order valence-corrected chi connectivity index (χ3v) is 6.46. The second kappa shape index (κ2) is 10.7. The highest BCUT2D eigenvalue weighted by atomic mass is 32.2. The number of hydrogen-bond donors (Lipinski definition) is 0. The van der Waals surface area contributed by atoms with Crippen molar-refractivity contribution in [3.05, 3.63) is 93.9 Å². The van der Waals surface area contributed by atoms with Crippen LogP contribution in [0.4, 0.5) is 0 Å². The van der Waals surface area contributed by atoms with Crippen molar-refractivity contribution in [3.63, 3.8) is 0 Å². The molecule has 0 saturated heterocycles. The van der Waals surface area contributed by atoms with Crippen LogP contribution in [-0.4, -0.2) is 37.6 Å². The second-order valence-electron chi connectivity index (χ2n) is 8.33. The summed E-state index contributed by atoms with van der Waals surface area (Å²) in [6.45, 7) is 7.30. The maximum atomic E-state index is 13.4. The number of rotatable bonds is 8. The summed E-state index contributed by atoms with van der Waals surface area (Å²) in [6, 6.07) is 19.2. The summed E-state index contributed by atoms with van der Waals surface area (Å²) in [5, 5.41) is 0.982. The van der Waals surface area contributed by atoms with Crippen LogP contribution in [0.2, 0.25) is 0 Å². The van der Waals surface area contributed by atoms with Crippen LogP contribution in [0, 0.1) is 13.8 Å². The van der Waals surface area contributed by atoms with E-state index >= 15 is 0 Å².